The molecule has 0 bridgehead atoms. The number of carbonyl (C=O) groups is 2. The molecule has 0 aliphatic carbocycles. The van der Waals surface area contributed by atoms with Crippen LogP contribution in [0, 0.1) is 0 Å². The number of amides is 3. The summed E-state index contributed by atoms with van der Waals surface area (Å²) in [7, 11) is 0. The second kappa shape index (κ2) is 9.22. The van der Waals surface area contributed by atoms with E-state index in [4.69, 9.17) is 0 Å². The van der Waals surface area contributed by atoms with E-state index in [1.54, 1.807) is 0 Å². The first-order valence-electron chi connectivity index (χ1n) is 10.3. The molecular formula is C21H32N4O2. The van der Waals surface area contributed by atoms with E-state index in [-0.39, 0.29) is 11.9 Å². The van der Waals surface area contributed by atoms with Gasteiger partial charge in [0.15, 0.2) is 0 Å². The minimum absolute atomic E-state index is 0.0169. The second-order valence-corrected chi connectivity index (χ2v) is 7.47. The Morgan fingerprint density at radius 1 is 1.07 bits per heavy atom. The van der Waals surface area contributed by atoms with Crippen LogP contribution in [0.3, 0.4) is 0 Å². The van der Waals surface area contributed by atoms with Crippen molar-refractivity contribution >= 4 is 11.9 Å². The number of rotatable bonds is 4. The van der Waals surface area contributed by atoms with Gasteiger partial charge in [-0.15, -0.1) is 0 Å². The predicted molar refractivity (Wildman–Crippen MR) is 107 cm³/mol. The summed E-state index contributed by atoms with van der Waals surface area (Å²) in [5.74, 6) is 0.426. The highest BCUT2D eigenvalue weighted by Crippen LogP contribution is 2.28. The molecular weight excluding hydrogens is 340 g/mol. The van der Waals surface area contributed by atoms with Crippen molar-refractivity contribution in [1.82, 2.24) is 20.0 Å². The lowest BCUT2D eigenvalue weighted by Crippen LogP contribution is -2.48. The number of urea groups is 1. The van der Waals surface area contributed by atoms with E-state index < -0.39 is 0 Å². The highest BCUT2D eigenvalue weighted by atomic mass is 16.2. The molecule has 2 heterocycles. The number of nitrogens with zero attached hydrogens (tertiary/aromatic N) is 3. The van der Waals surface area contributed by atoms with Gasteiger partial charge in [-0.05, 0) is 44.0 Å². The predicted octanol–water partition coefficient (Wildman–Crippen LogP) is 2.37. The molecule has 1 N–H and O–H groups in total. The quantitative estimate of drug-likeness (QED) is 0.883. The van der Waals surface area contributed by atoms with Crippen LogP contribution in [0.5, 0.6) is 0 Å². The maximum absolute atomic E-state index is 12.9. The third kappa shape index (κ3) is 4.80. The molecule has 2 saturated heterocycles. The summed E-state index contributed by atoms with van der Waals surface area (Å²) in [6.45, 7) is 10.8. The maximum Gasteiger partial charge on any atom is 0.317 e. The fraction of sp³-hybridized carbons (Fsp3) is 0.619. The monoisotopic (exact) mass is 372 g/mol. The van der Waals surface area contributed by atoms with Crippen LogP contribution >= 0.6 is 0 Å². The summed E-state index contributed by atoms with van der Waals surface area (Å²) >= 11 is 0. The van der Waals surface area contributed by atoms with Crippen molar-refractivity contribution in [3.63, 3.8) is 0 Å². The third-order valence-corrected chi connectivity index (χ3v) is 5.75. The fourth-order valence-corrected chi connectivity index (χ4v) is 4.07. The molecule has 0 aromatic heterocycles. The number of piperidine rings is 1. The van der Waals surface area contributed by atoms with Crippen molar-refractivity contribution in [2.75, 3.05) is 52.4 Å². The number of likely N-dealkylation sites (N-methyl/N-ethyl adjacent to an activating group) is 1. The molecule has 3 amide bonds. The van der Waals surface area contributed by atoms with Crippen LogP contribution in [0.1, 0.15) is 48.5 Å². The lowest BCUT2D eigenvalue weighted by atomic mass is 9.89. The zero-order chi connectivity index (χ0) is 19.2. The van der Waals surface area contributed by atoms with Gasteiger partial charge in [0.2, 0.25) is 0 Å². The molecule has 2 fully saturated rings. The molecule has 148 valence electrons. The number of nitrogens with one attached hydrogen (secondary N) is 1. The lowest BCUT2D eigenvalue weighted by molar-refractivity contribution is 0.0643. The Bertz CT molecular complexity index is 655. The first kappa shape index (κ1) is 19.7. The van der Waals surface area contributed by atoms with Gasteiger partial charge in [0, 0.05) is 57.3 Å². The number of benzene rings is 1. The van der Waals surface area contributed by atoms with Crippen LogP contribution in [0.2, 0.25) is 0 Å². The normalized spacial score (nSPS) is 21.2. The van der Waals surface area contributed by atoms with Crippen LogP contribution in [-0.2, 0) is 0 Å². The molecule has 27 heavy (non-hydrogen) atoms. The molecule has 2 aliphatic heterocycles. The van der Waals surface area contributed by atoms with Crippen molar-refractivity contribution in [1.29, 1.82) is 0 Å². The van der Waals surface area contributed by atoms with Crippen LogP contribution in [-0.4, -0.2) is 79.0 Å². The van der Waals surface area contributed by atoms with Crippen molar-refractivity contribution in [2.24, 2.45) is 0 Å². The Morgan fingerprint density at radius 2 is 1.85 bits per heavy atom. The average molecular weight is 373 g/mol. The third-order valence-electron chi connectivity index (χ3n) is 5.75. The Morgan fingerprint density at radius 3 is 2.56 bits per heavy atom. The van der Waals surface area contributed by atoms with Crippen LogP contribution < -0.4 is 5.32 Å². The first-order valence-corrected chi connectivity index (χ1v) is 10.3. The molecule has 0 saturated carbocycles. The minimum atomic E-state index is 0.0169. The molecule has 2 aliphatic rings. The van der Waals surface area contributed by atoms with Crippen molar-refractivity contribution in [2.45, 2.75) is 32.6 Å². The largest absolute Gasteiger partial charge is 0.338 e. The smallest absolute Gasteiger partial charge is 0.317 e. The summed E-state index contributed by atoms with van der Waals surface area (Å²) in [5.41, 5.74) is 1.94. The maximum atomic E-state index is 12.9. The number of hydrogen-bond donors (Lipinski definition) is 1. The lowest BCUT2D eigenvalue weighted by Gasteiger charge is -2.34. The van der Waals surface area contributed by atoms with Crippen molar-refractivity contribution < 1.29 is 9.59 Å². The van der Waals surface area contributed by atoms with Gasteiger partial charge in [-0.1, -0.05) is 19.1 Å². The number of hydrogen-bond acceptors (Lipinski definition) is 3. The zero-order valence-corrected chi connectivity index (χ0v) is 16.6. The van der Waals surface area contributed by atoms with Gasteiger partial charge in [0.25, 0.3) is 5.91 Å². The molecule has 0 unspecified atom stereocenters. The van der Waals surface area contributed by atoms with Crippen LogP contribution in [0.4, 0.5) is 4.79 Å². The number of likely N-dealkylation sites (tertiary alicyclic amines) is 1. The summed E-state index contributed by atoms with van der Waals surface area (Å²) in [5, 5.41) is 2.89. The van der Waals surface area contributed by atoms with E-state index in [0.29, 0.717) is 12.5 Å². The molecule has 1 aromatic rings. The topological polar surface area (TPSA) is 55.9 Å². The highest BCUT2D eigenvalue weighted by Gasteiger charge is 2.26. The molecule has 1 aromatic carbocycles. The molecule has 0 spiro atoms. The summed E-state index contributed by atoms with van der Waals surface area (Å²) in [6.07, 6.45) is 2.06. The highest BCUT2D eigenvalue weighted by molar-refractivity contribution is 5.94. The SMILES string of the molecule is CCNC(=O)N1CCC[C@@H](c2cccc(C(=O)N3CCN(CC)CC3)c2)C1. The first-order chi connectivity index (χ1) is 13.1. The Balaban J connectivity index is 1.66. The van der Waals surface area contributed by atoms with Gasteiger partial charge in [-0.3, -0.25) is 4.79 Å². The molecule has 6 nitrogen and oxygen atoms in total. The van der Waals surface area contributed by atoms with Crippen molar-refractivity contribution in [3.05, 3.63) is 35.4 Å². The molecule has 6 heteroatoms. The van der Waals surface area contributed by atoms with E-state index in [1.165, 1.54) is 5.56 Å². The van der Waals surface area contributed by atoms with E-state index in [9.17, 15) is 9.59 Å². The number of piperazine rings is 1. The second-order valence-electron chi connectivity index (χ2n) is 7.47. The summed E-state index contributed by atoms with van der Waals surface area (Å²) in [4.78, 5) is 31.3. The summed E-state index contributed by atoms with van der Waals surface area (Å²) < 4.78 is 0. The van der Waals surface area contributed by atoms with Gasteiger partial charge in [-0.25, -0.2) is 4.79 Å². The fourth-order valence-electron chi connectivity index (χ4n) is 4.07. The standard InChI is InChI=1S/C21H32N4O2/c1-3-22-21(27)25-10-6-9-19(16-25)17-7-5-8-18(15-17)20(26)24-13-11-23(4-2)12-14-24/h5,7-8,15,19H,3-4,6,9-14,16H2,1-2H3,(H,22,27)/t19-/m1/s1. The van der Waals surface area contributed by atoms with E-state index in [2.05, 4.69) is 23.2 Å². The summed E-state index contributed by atoms with van der Waals surface area (Å²) in [6, 6.07) is 8.06. The Kier molecular flexibility index (Phi) is 6.72. The van der Waals surface area contributed by atoms with Crippen molar-refractivity contribution in [3.8, 4) is 0 Å². The van der Waals surface area contributed by atoms with Crippen LogP contribution in [0.15, 0.2) is 24.3 Å². The van der Waals surface area contributed by atoms with Crippen LogP contribution in [0.25, 0.3) is 0 Å². The number of carbonyl (C=O) groups excluding carboxylic acids is 2. The van der Waals surface area contributed by atoms with Gasteiger partial charge < -0.3 is 20.0 Å². The minimum Gasteiger partial charge on any atom is -0.338 e. The van der Waals surface area contributed by atoms with E-state index >= 15 is 0 Å². The molecule has 3 rings (SSSR count). The zero-order valence-electron chi connectivity index (χ0n) is 16.6. The van der Waals surface area contributed by atoms with Gasteiger partial charge in [-0.2, -0.15) is 0 Å². The van der Waals surface area contributed by atoms with Gasteiger partial charge in [0.1, 0.15) is 0 Å². The van der Waals surface area contributed by atoms with E-state index in [0.717, 1.165) is 64.2 Å². The molecule has 1 atom stereocenters. The average Bonchev–Trinajstić information content (AvgIpc) is 2.73. The molecule has 0 radical (unpaired) electrons. The van der Waals surface area contributed by atoms with E-state index in [1.807, 2.05) is 34.9 Å². The Hall–Kier alpha value is -2.08. The Labute approximate surface area is 162 Å². The van der Waals surface area contributed by atoms with Gasteiger partial charge in [0.05, 0.1) is 0 Å². The van der Waals surface area contributed by atoms with Gasteiger partial charge >= 0.3 is 6.03 Å².